The van der Waals surface area contributed by atoms with Crippen LogP contribution in [0.3, 0.4) is 0 Å². The molecule has 1 N–H and O–H groups in total. The van der Waals surface area contributed by atoms with Crippen LogP contribution in [0.25, 0.3) is 0 Å². The first kappa shape index (κ1) is 13.6. The third kappa shape index (κ3) is 3.12. The molecule has 0 bridgehead atoms. The Bertz CT molecular complexity index is 678. The van der Waals surface area contributed by atoms with Crippen LogP contribution in [0.5, 0.6) is 11.5 Å². The maximum atomic E-state index is 13.7. The lowest BCUT2D eigenvalue weighted by Crippen LogP contribution is -2.08. The van der Waals surface area contributed by atoms with Crippen molar-refractivity contribution in [2.75, 3.05) is 5.32 Å². The number of halogens is 1. The fraction of sp³-hybridized carbons (Fsp3) is 0.0667. The fourth-order valence-corrected chi connectivity index (χ4v) is 1.63. The second-order valence-electron chi connectivity index (χ2n) is 4.04. The minimum absolute atomic E-state index is 0.0255. The number of para-hydroxylation sites is 1. The molecule has 100 valence electrons. The van der Waals surface area contributed by atoms with Gasteiger partial charge in [-0.05, 0) is 18.2 Å². The van der Waals surface area contributed by atoms with E-state index in [1.807, 2.05) is 12.1 Å². The summed E-state index contributed by atoms with van der Waals surface area (Å²) in [5.41, 5.74) is 0.0305. The van der Waals surface area contributed by atoms with Crippen LogP contribution in [-0.4, -0.2) is 5.91 Å². The van der Waals surface area contributed by atoms with E-state index in [4.69, 9.17) is 10.00 Å². The van der Waals surface area contributed by atoms with Gasteiger partial charge in [0.2, 0.25) is 5.91 Å². The van der Waals surface area contributed by atoms with Crippen LogP contribution in [0.2, 0.25) is 0 Å². The molecule has 2 rings (SSSR count). The van der Waals surface area contributed by atoms with Gasteiger partial charge in [0, 0.05) is 13.0 Å². The molecule has 2 aromatic carbocycles. The number of amides is 1. The average Bonchev–Trinajstić information content (AvgIpc) is 2.43. The summed E-state index contributed by atoms with van der Waals surface area (Å²) >= 11 is 0. The van der Waals surface area contributed by atoms with Crippen LogP contribution in [-0.2, 0) is 4.79 Å². The zero-order valence-corrected chi connectivity index (χ0v) is 10.7. The highest BCUT2D eigenvalue weighted by atomic mass is 19.1. The lowest BCUT2D eigenvalue weighted by atomic mass is 10.2. The van der Waals surface area contributed by atoms with Gasteiger partial charge in [-0.15, -0.1) is 0 Å². The molecule has 0 aliphatic rings. The summed E-state index contributed by atoms with van der Waals surface area (Å²) < 4.78 is 19.2. The van der Waals surface area contributed by atoms with Crippen molar-refractivity contribution in [1.29, 1.82) is 5.26 Å². The van der Waals surface area contributed by atoms with Crippen LogP contribution in [0.1, 0.15) is 12.5 Å². The topological polar surface area (TPSA) is 62.1 Å². The van der Waals surface area contributed by atoms with Gasteiger partial charge < -0.3 is 10.1 Å². The SMILES string of the molecule is CC(=O)Nc1cc(Oc2ccccc2)c(C#N)cc1F. The van der Waals surface area contributed by atoms with Crippen molar-refractivity contribution >= 4 is 11.6 Å². The van der Waals surface area contributed by atoms with Crippen molar-refractivity contribution in [3.8, 4) is 17.6 Å². The number of carbonyl (C=O) groups is 1. The molecule has 20 heavy (non-hydrogen) atoms. The number of nitrogens with one attached hydrogen (secondary N) is 1. The molecule has 0 unspecified atom stereocenters. The molecular formula is C15H11FN2O2. The summed E-state index contributed by atoms with van der Waals surface area (Å²) in [6.45, 7) is 1.27. The quantitative estimate of drug-likeness (QED) is 0.929. The van der Waals surface area contributed by atoms with Gasteiger partial charge in [0.05, 0.1) is 11.3 Å². The number of carbonyl (C=O) groups excluding carboxylic acids is 1. The molecule has 1 amide bonds. The summed E-state index contributed by atoms with van der Waals surface area (Å²) in [7, 11) is 0. The smallest absolute Gasteiger partial charge is 0.221 e. The molecule has 0 aliphatic carbocycles. The second-order valence-corrected chi connectivity index (χ2v) is 4.04. The number of hydrogen-bond acceptors (Lipinski definition) is 3. The van der Waals surface area contributed by atoms with Crippen molar-refractivity contribution in [3.63, 3.8) is 0 Å². The highest BCUT2D eigenvalue weighted by Crippen LogP contribution is 2.30. The van der Waals surface area contributed by atoms with Gasteiger partial charge in [0.15, 0.2) is 0 Å². The number of nitrogens with zero attached hydrogens (tertiary/aromatic N) is 1. The molecule has 0 saturated heterocycles. The molecule has 5 heteroatoms. The largest absolute Gasteiger partial charge is 0.456 e. The minimum Gasteiger partial charge on any atom is -0.456 e. The van der Waals surface area contributed by atoms with Gasteiger partial charge in [-0.25, -0.2) is 4.39 Å². The molecule has 0 atom stereocenters. The second kappa shape index (κ2) is 5.85. The molecule has 0 radical (unpaired) electrons. The maximum absolute atomic E-state index is 13.7. The third-order valence-corrected chi connectivity index (χ3v) is 2.47. The monoisotopic (exact) mass is 270 g/mol. The summed E-state index contributed by atoms with van der Waals surface area (Å²) in [5, 5.41) is 11.4. The average molecular weight is 270 g/mol. The molecular weight excluding hydrogens is 259 g/mol. The Kier molecular flexibility index (Phi) is 3.96. The molecule has 0 spiro atoms. The predicted molar refractivity (Wildman–Crippen MR) is 71.9 cm³/mol. The maximum Gasteiger partial charge on any atom is 0.221 e. The Morgan fingerprint density at radius 1 is 1.30 bits per heavy atom. The first-order valence-corrected chi connectivity index (χ1v) is 5.84. The van der Waals surface area contributed by atoms with Gasteiger partial charge in [-0.1, -0.05) is 18.2 Å². The van der Waals surface area contributed by atoms with Crippen LogP contribution < -0.4 is 10.1 Å². The summed E-state index contributed by atoms with van der Waals surface area (Å²) in [6, 6.07) is 13.0. The van der Waals surface area contributed by atoms with Gasteiger partial charge in [-0.3, -0.25) is 4.79 Å². The Labute approximate surface area is 115 Å². The van der Waals surface area contributed by atoms with E-state index in [-0.39, 0.29) is 17.0 Å². The third-order valence-electron chi connectivity index (χ3n) is 2.47. The van der Waals surface area contributed by atoms with E-state index in [2.05, 4.69) is 5.32 Å². The van der Waals surface area contributed by atoms with E-state index in [9.17, 15) is 9.18 Å². The molecule has 0 aromatic heterocycles. The number of hydrogen-bond donors (Lipinski definition) is 1. The van der Waals surface area contributed by atoms with E-state index < -0.39 is 11.7 Å². The highest BCUT2D eigenvalue weighted by Gasteiger charge is 2.12. The van der Waals surface area contributed by atoms with Crippen molar-refractivity contribution < 1.29 is 13.9 Å². The van der Waals surface area contributed by atoms with Crippen LogP contribution >= 0.6 is 0 Å². The van der Waals surface area contributed by atoms with E-state index >= 15 is 0 Å². The number of ether oxygens (including phenoxy) is 1. The molecule has 0 saturated carbocycles. The summed E-state index contributed by atoms with van der Waals surface area (Å²) in [4.78, 5) is 11.0. The lowest BCUT2D eigenvalue weighted by molar-refractivity contribution is -0.114. The minimum atomic E-state index is -0.683. The van der Waals surface area contributed by atoms with Crippen LogP contribution in [0.15, 0.2) is 42.5 Å². The van der Waals surface area contributed by atoms with Crippen LogP contribution in [0.4, 0.5) is 10.1 Å². The summed E-state index contributed by atoms with van der Waals surface area (Å²) in [5.74, 6) is -0.385. The zero-order chi connectivity index (χ0) is 14.5. The molecule has 0 aliphatic heterocycles. The molecule has 2 aromatic rings. The zero-order valence-electron chi connectivity index (χ0n) is 10.7. The summed E-state index contributed by atoms with van der Waals surface area (Å²) in [6.07, 6.45) is 0. The first-order valence-electron chi connectivity index (χ1n) is 5.84. The van der Waals surface area contributed by atoms with Crippen molar-refractivity contribution in [2.45, 2.75) is 6.92 Å². The number of rotatable bonds is 3. The Balaban J connectivity index is 2.40. The molecule has 0 fully saturated rings. The first-order chi connectivity index (χ1) is 9.60. The molecule has 4 nitrogen and oxygen atoms in total. The van der Waals surface area contributed by atoms with Gasteiger partial charge >= 0.3 is 0 Å². The normalized spacial score (nSPS) is 9.65. The molecule has 0 heterocycles. The van der Waals surface area contributed by atoms with E-state index in [1.54, 1.807) is 24.3 Å². The van der Waals surface area contributed by atoms with Crippen molar-refractivity contribution in [3.05, 3.63) is 53.8 Å². The van der Waals surface area contributed by atoms with Gasteiger partial charge in [0.25, 0.3) is 0 Å². The Hall–Kier alpha value is -2.87. The lowest BCUT2D eigenvalue weighted by Gasteiger charge is -2.10. The van der Waals surface area contributed by atoms with Crippen molar-refractivity contribution in [2.24, 2.45) is 0 Å². The van der Waals surface area contributed by atoms with E-state index in [0.29, 0.717) is 5.75 Å². The van der Waals surface area contributed by atoms with E-state index in [1.165, 1.54) is 13.0 Å². The van der Waals surface area contributed by atoms with Gasteiger partial charge in [-0.2, -0.15) is 5.26 Å². The highest BCUT2D eigenvalue weighted by molar-refractivity contribution is 5.89. The standard InChI is InChI=1S/C15H11FN2O2/c1-10(19)18-14-8-15(11(9-17)7-13(14)16)20-12-5-3-2-4-6-12/h2-8H,1H3,(H,18,19). The van der Waals surface area contributed by atoms with E-state index in [0.717, 1.165) is 6.07 Å². The number of benzene rings is 2. The van der Waals surface area contributed by atoms with Crippen molar-refractivity contribution in [1.82, 2.24) is 0 Å². The van der Waals surface area contributed by atoms with Crippen LogP contribution in [0, 0.1) is 17.1 Å². The predicted octanol–water partition coefficient (Wildman–Crippen LogP) is 3.45. The Morgan fingerprint density at radius 2 is 2.00 bits per heavy atom. The number of anilines is 1. The fourth-order valence-electron chi connectivity index (χ4n) is 1.63. The Morgan fingerprint density at radius 3 is 2.60 bits per heavy atom. The van der Waals surface area contributed by atoms with Gasteiger partial charge in [0.1, 0.15) is 23.4 Å². The number of nitriles is 1.